The number of carbonyl (C=O) groups excluding carboxylic acids is 1. The van der Waals surface area contributed by atoms with Crippen molar-refractivity contribution in [3.63, 3.8) is 0 Å². The molecule has 2 aromatic heterocycles. The van der Waals surface area contributed by atoms with Crippen LogP contribution >= 0.6 is 0 Å². The monoisotopic (exact) mass is 366 g/mol. The number of aromatic nitrogens is 2. The predicted octanol–water partition coefficient (Wildman–Crippen LogP) is 3.20. The van der Waals surface area contributed by atoms with E-state index in [0.29, 0.717) is 24.2 Å². The van der Waals surface area contributed by atoms with Crippen molar-refractivity contribution in [2.45, 2.75) is 19.9 Å². The molecule has 2 heterocycles. The molecule has 1 aromatic carbocycles. The number of halogens is 1. The molecule has 138 valence electrons. The van der Waals surface area contributed by atoms with E-state index in [0.717, 1.165) is 11.1 Å². The Bertz CT molecular complexity index is 1010. The van der Waals surface area contributed by atoms with Crippen molar-refractivity contribution in [1.82, 2.24) is 9.55 Å². The Hall–Kier alpha value is -3.28. The lowest BCUT2D eigenvalue weighted by atomic mass is 10.0. The van der Waals surface area contributed by atoms with Crippen LogP contribution in [-0.2, 0) is 17.7 Å². The Morgan fingerprint density at radius 3 is 2.74 bits per heavy atom. The third kappa shape index (κ3) is 4.67. The van der Waals surface area contributed by atoms with Crippen molar-refractivity contribution in [2.75, 3.05) is 6.61 Å². The van der Waals surface area contributed by atoms with E-state index in [4.69, 9.17) is 4.74 Å². The van der Waals surface area contributed by atoms with E-state index in [-0.39, 0.29) is 17.9 Å². The Labute approximate surface area is 156 Å². The van der Waals surface area contributed by atoms with E-state index in [1.54, 1.807) is 43.6 Å². The van der Waals surface area contributed by atoms with Gasteiger partial charge in [0.15, 0.2) is 0 Å². The quantitative estimate of drug-likeness (QED) is 0.629. The highest BCUT2D eigenvalue weighted by Gasteiger charge is 2.10. The number of benzene rings is 1. The molecule has 0 saturated heterocycles. The van der Waals surface area contributed by atoms with Crippen molar-refractivity contribution in [3.05, 3.63) is 99.5 Å². The van der Waals surface area contributed by atoms with Crippen LogP contribution in [0.5, 0.6) is 0 Å². The number of pyridine rings is 2. The number of rotatable bonds is 6. The molecular formula is C21H19FN2O3. The Morgan fingerprint density at radius 2 is 2.00 bits per heavy atom. The van der Waals surface area contributed by atoms with Crippen LogP contribution in [-0.4, -0.2) is 22.1 Å². The van der Waals surface area contributed by atoms with Gasteiger partial charge in [0.25, 0.3) is 5.56 Å². The minimum atomic E-state index is -0.429. The van der Waals surface area contributed by atoms with Crippen LogP contribution in [0.25, 0.3) is 0 Å². The van der Waals surface area contributed by atoms with Crippen molar-refractivity contribution < 1.29 is 13.9 Å². The molecule has 5 nitrogen and oxygen atoms in total. The Balaban J connectivity index is 1.76. The molecule has 0 atom stereocenters. The van der Waals surface area contributed by atoms with Crippen LogP contribution in [0.1, 0.15) is 34.0 Å². The zero-order valence-corrected chi connectivity index (χ0v) is 14.9. The summed E-state index contributed by atoms with van der Waals surface area (Å²) >= 11 is 0. The summed E-state index contributed by atoms with van der Waals surface area (Å²) in [5.74, 6) is -0.806. The minimum absolute atomic E-state index is 0.172. The fourth-order valence-electron chi connectivity index (χ4n) is 2.75. The first-order valence-corrected chi connectivity index (χ1v) is 8.60. The Morgan fingerprint density at radius 1 is 1.15 bits per heavy atom. The minimum Gasteiger partial charge on any atom is -0.462 e. The van der Waals surface area contributed by atoms with Gasteiger partial charge in [0.2, 0.25) is 0 Å². The zero-order valence-electron chi connectivity index (χ0n) is 14.9. The normalized spacial score (nSPS) is 10.6. The lowest BCUT2D eigenvalue weighted by molar-refractivity contribution is 0.0525. The molecule has 3 aromatic rings. The summed E-state index contributed by atoms with van der Waals surface area (Å²) in [6.07, 6.45) is 5.14. The van der Waals surface area contributed by atoms with E-state index in [9.17, 15) is 14.0 Å². The zero-order chi connectivity index (χ0) is 19.2. The fraction of sp³-hybridized carbons (Fsp3) is 0.190. The molecule has 0 aliphatic rings. The molecule has 0 aliphatic carbocycles. The summed E-state index contributed by atoms with van der Waals surface area (Å²) in [4.78, 5) is 27.6. The van der Waals surface area contributed by atoms with E-state index >= 15 is 0 Å². The highest BCUT2D eigenvalue weighted by molar-refractivity contribution is 5.89. The van der Waals surface area contributed by atoms with Crippen molar-refractivity contribution in [1.29, 1.82) is 0 Å². The van der Waals surface area contributed by atoms with Gasteiger partial charge < -0.3 is 9.30 Å². The molecule has 0 unspecified atom stereocenters. The fourth-order valence-corrected chi connectivity index (χ4v) is 2.75. The van der Waals surface area contributed by atoms with Crippen LogP contribution in [0.15, 0.2) is 65.8 Å². The lowest BCUT2D eigenvalue weighted by Gasteiger charge is -2.09. The molecule has 0 bridgehead atoms. The summed E-state index contributed by atoms with van der Waals surface area (Å²) in [6.45, 7) is 2.20. The molecule has 0 spiro atoms. The van der Waals surface area contributed by atoms with Crippen molar-refractivity contribution in [3.8, 4) is 0 Å². The number of nitrogens with zero attached hydrogens (tertiary/aromatic N) is 2. The maximum absolute atomic E-state index is 14.5. The average molecular weight is 366 g/mol. The maximum atomic E-state index is 14.5. The molecule has 0 radical (unpaired) electrons. The first-order valence-electron chi connectivity index (χ1n) is 8.60. The number of esters is 1. The van der Waals surface area contributed by atoms with Gasteiger partial charge >= 0.3 is 5.97 Å². The SMILES string of the molecule is CCOC(=O)c1cncc(Cc2ccc(Cn3ccccc3=O)c(F)c2)c1. The van der Waals surface area contributed by atoms with E-state index < -0.39 is 5.97 Å². The maximum Gasteiger partial charge on any atom is 0.339 e. The summed E-state index contributed by atoms with van der Waals surface area (Å²) < 4.78 is 20.9. The summed E-state index contributed by atoms with van der Waals surface area (Å²) in [5, 5.41) is 0. The van der Waals surface area contributed by atoms with E-state index in [1.165, 1.54) is 22.9 Å². The van der Waals surface area contributed by atoms with Crippen LogP contribution < -0.4 is 5.56 Å². The van der Waals surface area contributed by atoms with Gasteiger partial charge in [-0.05, 0) is 42.7 Å². The van der Waals surface area contributed by atoms with Crippen LogP contribution in [0, 0.1) is 5.82 Å². The largest absolute Gasteiger partial charge is 0.462 e. The number of carbonyl (C=O) groups is 1. The van der Waals surface area contributed by atoms with Crippen LogP contribution in [0.4, 0.5) is 4.39 Å². The third-order valence-corrected chi connectivity index (χ3v) is 4.07. The molecule has 0 amide bonds. The van der Waals surface area contributed by atoms with Gasteiger partial charge in [-0.25, -0.2) is 9.18 Å². The second-order valence-corrected chi connectivity index (χ2v) is 6.07. The van der Waals surface area contributed by atoms with Crippen LogP contribution in [0.2, 0.25) is 0 Å². The standard InChI is InChI=1S/C21H19FN2O3/c1-2-27-21(26)18-10-16(12-23-13-18)9-15-6-7-17(19(22)11-15)14-24-8-4-3-5-20(24)25/h3-8,10-13H,2,9,14H2,1H3. The van der Waals surface area contributed by atoms with Gasteiger partial charge in [-0.15, -0.1) is 0 Å². The number of hydrogen-bond donors (Lipinski definition) is 0. The van der Waals surface area contributed by atoms with E-state index in [1.807, 2.05) is 6.07 Å². The molecule has 0 saturated carbocycles. The van der Waals surface area contributed by atoms with E-state index in [2.05, 4.69) is 4.98 Å². The molecule has 0 N–H and O–H groups in total. The number of ether oxygens (including phenoxy) is 1. The number of hydrogen-bond acceptors (Lipinski definition) is 4. The third-order valence-electron chi connectivity index (χ3n) is 4.07. The highest BCUT2D eigenvalue weighted by Crippen LogP contribution is 2.16. The molecule has 0 fully saturated rings. The average Bonchev–Trinajstić information content (AvgIpc) is 2.66. The van der Waals surface area contributed by atoms with Gasteiger partial charge in [0, 0.05) is 30.2 Å². The van der Waals surface area contributed by atoms with Gasteiger partial charge in [-0.1, -0.05) is 18.2 Å². The lowest BCUT2D eigenvalue weighted by Crippen LogP contribution is -2.18. The second-order valence-electron chi connectivity index (χ2n) is 6.07. The first kappa shape index (κ1) is 18.5. The molecular weight excluding hydrogens is 347 g/mol. The molecule has 27 heavy (non-hydrogen) atoms. The van der Waals surface area contributed by atoms with Gasteiger partial charge in [0.05, 0.1) is 18.7 Å². The van der Waals surface area contributed by atoms with Gasteiger partial charge in [-0.2, -0.15) is 0 Å². The van der Waals surface area contributed by atoms with Crippen molar-refractivity contribution >= 4 is 5.97 Å². The second kappa shape index (κ2) is 8.40. The molecule has 0 aliphatic heterocycles. The summed E-state index contributed by atoms with van der Waals surface area (Å²) in [7, 11) is 0. The molecule has 6 heteroatoms. The smallest absolute Gasteiger partial charge is 0.339 e. The summed E-state index contributed by atoms with van der Waals surface area (Å²) in [6, 6.07) is 11.4. The van der Waals surface area contributed by atoms with Gasteiger partial charge in [-0.3, -0.25) is 9.78 Å². The van der Waals surface area contributed by atoms with Crippen molar-refractivity contribution in [2.24, 2.45) is 0 Å². The first-order chi connectivity index (χ1) is 13.1. The highest BCUT2D eigenvalue weighted by atomic mass is 19.1. The predicted molar refractivity (Wildman–Crippen MR) is 99.2 cm³/mol. The topological polar surface area (TPSA) is 61.2 Å². The van der Waals surface area contributed by atoms with Crippen LogP contribution in [0.3, 0.4) is 0 Å². The Kier molecular flexibility index (Phi) is 5.76. The summed E-state index contributed by atoms with van der Waals surface area (Å²) in [5.41, 5.74) is 2.16. The van der Waals surface area contributed by atoms with Gasteiger partial charge in [0.1, 0.15) is 5.82 Å². The molecule has 3 rings (SSSR count).